The first kappa shape index (κ1) is 107. The van der Waals surface area contributed by atoms with E-state index in [4.69, 9.17) is 49.5 Å². The molecule has 2 saturated heterocycles. The molecule has 2 aromatic heterocycles. The fraction of sp³-hybridized carbons (Fsp3) is 0.333. The number of carboxylic acid groups (broad SMARTS) is 3. The van der Waals surface area contributed by atoms with E-state index in [-0.39, 0.29) is 155 Å². The summed E-state index contributed by atoms with van der Waals surface area (Å²) in [5, 5.41) is 78.9. The van der Waals surface area contributed by atoms with E-state index in [1.807, 2.05) is 97.5 Å². The maximum absolute atomic E-state index is 14.7. The van der Waals surface area contributed by atoms with Crippen molar-refractivity contribution in [2.75, 3.05) is 71.3 Å². The van der Waals surface area contributed by atoms with Gasteiger partial charge in [0.25, 0.3) is 35.4 Å². The fourth-order valence-electron chi connectivity index (χ4n) is 17.4. The lowest BCUT2D eigenvalue weighted by Crippen LogP contribution is -2.54. The van der Waals surface area contributed by atoms with Gasteiger partial charge >= 0.3 is 17.9 Å². The second-order valence-electron chi connectivity index (χ2n) is 34.7. The van der Waals surface area contributed by atoms with Crippen LogP contribution in [0.15, 0.2) is 194 Å². The Morgan fingerprint density at radius 3 is 1.30 bits per heavy atom. The van der Waals surface area contributed by atoms with Gasteiger partial charge in [-0.25, -0.2) is 13.6 Å². The van der Waals surface area contributed by atoms with Crippen molar-refractivity contribution < 1.29 is 140 Å². The number of anilines is 1. The minimum atomic E-state index is -1.24. The first-order chi connectivity index (χ1) is 68.6. The molecule has 0 spiro atoms. The highest BCUT2D eigenvalue weighted by molar-refractivity contribution is 6.26. The van der Waals surface area contributed by atoms with E-state index in [1.54, 1.807) is 72.8 Å². The number of hydrogen-bond acceptors (Lipinski definition) is 25. The third-order valence-electron chi connectivity index (χ3n) is 23.6. The number of benzene rings is 8. The molecule has 0 aliphatic carbocycles. The topological polar surface area (TPSA) is 526 Å². The van der Waals surface area contributed by atoms with Crippen LogP contribution < -0.4 is 45.9 Å². The zero-order valence-electron chi connectivity index (χ0n) is 78.8. The van der Waals surface area contributed by atoms with Crippen LogP contribution in [-0.2, 0) is 67.3 Å². The number of fused-ring (bicyclic) bond motifs is 2. The van der Waals surface area contributed by atoms with Crippen molar-refractivity contribution in [3.8, 4) is 67.8 Å². The number of Topliss-reactive ketones (excluding diaryl/α,β-unsaturated/α-hetero) is 1. The molecule has 0 radical (unpaired) electrons. The standard InChI is InChI=1S/C53H55FN4O13.C37H44FN3O7.C15H12N2O7/c1-31(2)49-48(46(33-7-4-3-5-8-33)50(34-13-15-35(54)16-14-34)57(49)23-21-36(59)28-37(60)29-45(64)65)41(61)27-32-11-17-38(18-12-32)70-26-25-69-24-22-55-44(63)30-71-42-10-6-9-39-47(42)53(68)58(52(39)67)40-19-20-43(62)56-51(40)66;1-24(2)35-34(37(46)40-28-12-14-31(15-13-28)48-21-20-47-19-17-39)33(25-6-4-3-5-7-25)36(26-8-10-27(38)11-9-26)41(35)18-16-29(42)22-30(43)23-32(44)45;18-10-5-4-8(13(21)16-10)17-14(22)7-2-1-3-9(12(7)15(17)23)24-6-11(19)20/h3-18,31,36-37,40,59-60H,19-30H2,1-2H3,(H,55,63)(H,64,65)(H,56,62,66);3-15,24,29-30,42-43H,16-23,39H2,1-2H3,(H,40,46)(H,44,45);1-3,8H,4-6H2,(H,19,20)(H,16,18,21)/t36-,37-,40?;29-,30-;/m11./s1. The second kappa shape index (κ2) is 50.2. The van der Waals surface area contributed by atoms with Crippen molar-refractivity contribution in [2.45, 2.75) is 160 Å². The highest BCUT2D eigenvalue weighted by Gasteiger charge is 2.48. The van der Waals surface area contributed by atoms with E-state index >= 15 is 0 Å². The maximum Gasteiger partial charge on any atom is 0.341 e. The van der Waals surface area contributed by atoms with Crippen molar-refractivity contribution in [3.63, 3.8) is 0 Å². The van der Waals surface area contributed by atoms with Crippen molar-refractivity contribution in [1.82, 2.24) is 34.9 Å². The lowest BCUT2D eigenvalue weighted by Gasteiger charge is -2.27. The smallest absolute Gasteiger partial charge is 0.341 e. The number of nitrogens with one attached hydrogen (secondary N) is 4. The summed E-state index contributed by atoms with van der Waals surface area (Å²) in [6.45, 7) is 9.53. The van der Waals surface area contributed by atoms with E-state index in [0.717, 1.165) is 26.5 Å². The van der Waals surface area contributed by atoms with Crippen molar-refractivity contribution >= 4 is 88.5 Å². The van der Waals surface area contributed by atoms with Crippen LogP contribution in [0.2, 0.25) is 0 Å². The number of carbonyl (C=O) groups excluding carboxylic acids is 11. The lowest BCUT2D eigenvalue weighted by atomic mass is 9.90. The minimum Gasteiger partial charge on any atom is -0.491 e. The van der Waals surface area contributed by atoms with Gasteiger partial charge in [-0.05, 0) is 187 Å². The molecule has 13 N–H and O–H groups in total. The number of piperidine rings is 2. The Labute approximate surface area is 820 Å². The van der Waals surface area contributed by atoms with Crippen LogP contribution in [0.4, 0.5) is 14.5 Å². The molecule has 6 atom stereocenters. The summed E-state index contributed by atoms with van der Waals surface area (Å²) in [5.74, 6) is -9.89. The van der Waals surface area contributed by atoms with Gasteiger partial charge in [-0.2, -0.15) is 0 Å². The molecule has 2 unspecified atom stereocenters. The Morgan fingerprint density at radius 1 is 0.448 bits per heavy atom. The number of amides is 10. The average molecular weight is 1970 g/mol. The maximum atomic E-state index is 14.7. The number of ether oxygens (including phenoxy) is 6. The first-order valence-electron chi connectivity index (χ1n) is 46.5. The summed E-state index contributed by atoms with van der Waals surface area (Å²) in [4.78, 5) is 175. The van der Waals surface area contributed by atoms with Crippen LogP contribution in [0, 0.1) is 11.6 Å². The van der Waals surface area contributed by atoms with Crippen LogP contribution in [0.25, 0.3) is 44.8 Å². The van der Waals surface area contributed by atoms with Crippen LogP contribution in [0.3, 0.4) is 0 Å². The number of carboxylic acids is 3. The number of rotatable bonds is 46. The quantitative estimate of drug-likeness (QED) is 0.00958. The van der Waals surface area contributed by atoms with Crippen LogP contribution in [-0.4, -0.2) is 240 Å². The summed E-state index contributed by atoms with van der Waals surface area (Å²) in [5.41, 5.74) is 14.5. The van der Waals surface area contributed by atoms with E-state index in [0.29, 0.717) is 99.7 Å². The van der Waals surface area contributed by atoms with E-state index in [2.05, 4.69) is 21.3 Å². The molecule has 10 aromatic rings. The summed E-state index contributed by atoms with van der Waals surface area (Å²) in [6, 6.07) is 51.4. The summed E-state index contributed by atoms with van der Waals surface area (Å²) >= 11 is 0. The highest BCUT2D eigenvalue weighted by Crippen LogP contribution is 2.46. The summed E-state index contributed by atoms with van der Waals surface area (Å²) in [7, 11) is 0. The third kappa shape index (κ3) is 27.5. The van der Waals surface area contributed by atoms with E-state index < -0.39 is 145 Å². The van der Waals surface area contributed by atoms with Gasteiger partial charge in [0.1, 0.15) is 59.9 Å². The third-order valence-corrected chi connectivity index (χ3v) is 23.6. The number of aromatic nitrogens is 2. The largest absolute Gasteiger partial charge is 0.491 e. The molecule has 0 saturated carbocycles. The molecule has 2 fully saturated rings. The molecule has 752 valence electrons. The molecule has 0 bridgehead atoms. The number of aliphatic carboxylic acids is 3. The summed E-state index contributed by atoms with van der Waals surface area (Å²) < 4.78 is 65.6. The van der Waals surface area contributed by atoms with E-state index in [1.165, 1.54) is 60.7 Å². The molecular weight excluding hydrogens is 1860 g/mol. The Bertz CT molecular complexity index is 6290. The SMILES string of the molecule is CC(C)c1c(C(=O)Cc2ccc(OCCOCCNC(=O)COc3cccc4c3C(=O)N(C3CCC(=O)NC3=O)C4=O)cc2)c(-c2ccccc2)c(-c2ccc(F)cc2)n1CC[C@@H](O)C[C@@H](O)CC(=O)O.CC(C)c1c(C(=O)Nc2ccc(OCCOCCN)cc2)c(-c2ccccc2)c(-c2ccc(F)cc2)n1CC[C@@H](O)C[C@@H](O)CC(=O)O.O=C(O)COc1cccc2c1C(=O)N(C1CCC(=O)NC1=O)C2=O. The molecule has 4 aliphatic rings. The summed E-state index contributed by atoms with van der Waals surface area (Å²) in [6.07, 6.45) is -5.33. The van der Waals surface area contributed by atoms with Crippen molar-refractivity contribution in [1.29, 1.82) is 0 Å². The molecule has 14 rings (SSSR count). The van der Waals surface area contributed by atoms with Gasteiger partial charge in [-0.15, -0.1) is 0 Å². The highest BCUT2D eigenvalue weighted by atomic mass is 19.1. The van der Waals surface area contributed by atoms with Crippen LogP contribution >= 0.6 is 0 Å². The van der Waals surface area contributed by atoms with Crippen LogP contribution in [0.1, 0.15) is 183 Å². The van der Waals surface area contributed by atoms with Crippen LogP contribution in [0.5, 0.6) is 23.0 Å². The Hall–Kier alpha value is -15.3. The molecule has 8 aromatic carbocycles. The number of imide groups is 4. The fourth-order valence-corrected chi connectivity index (χ4v) is 17.4. The van der Waals surface area contributed by atoms with Gasteiger partial charge in [-0.3, -0.25) is 82.8 Å². The predicted molar refractivity (Wildman–Crippen MR) is 514 cm³/mol. The second-order valence-corrected chi connectivity index (χ2v) is 34.7. The monoisotopic (exact) mass is 1970 g/mol. The van der Waals surface area contributed by atoms with Crippen molar-refractivity contribution in [3.05, 3.63) is 256 Å². The van der Waals surface area contributed by atoms with Gasteiger partial charge in [0.15, 0.2) is 19.0 Å². The number of aliphatic hydroxyl groups excluding tert-OH is 4. The molecule has 6 heterocycles. The molecule has 10 amide bonds. The Balaban J connectivity index is 0.000000216. The average Bonchev–Trinajstić information content (AvgIpc) is 1.59. The van der Waals surface area contributed by atoms with Crippen molar-refractivity contribution in [2.24, 2.45) is 5.73 Å². The zero-order valence-corrected chi connectivity index (χ0v) is 78.8. The van der Waals surface area contributed by atoms with Gasteiger partial charge in [-0.1, -0.05) is 113 Å². The molecule has 143 heavy (non-hydrogen) atoms. The minimum absolute atomic E-state index is 0.00431. The van der Waals surface area contributed by atoms with E-state index in [9.17, 15) is 96.3 Å². The first-order valence-corrected chi connectivity index (χ1v) is 46.5. The number of hydrogen-bond donors (Lipinski definition) is 12. The number of halogens is 2. The number of aliphatic hydroxyl groups is 4. The van der Waals surface area contributed by atoms with Gasteiger partial charge < -0.3 is 89.7 Å². The number of ketones is 1. The Kier molecular flexibility index (Phi) is 37.4. The zero-order chi connectivity index (χ0) is 103. The Morgan fingerprint density at radius 2 is 0.874 bits per heavy atom. The molecular formula is C105H111F2N9O27. The van der Waals surface area contributed by atoms with Gasteiger partial charge in [0, 0.05) is 79.2 Å². The number of nitrogens with zero attached hydrogens (tertiary/aromatic N) is 4. The lowest BCUT2D eigenvalue weighted by molar-refractivity contribution is -0.140. The van der Waals surface area contributed by atoms with Gasteiger partial charge in [0.2, 0.25) is 23.6 Å². The predicted octanol–water partition coefficient (Wildman–Crippen LogP) is 10.7. The number of nitrogens with two attached hydrogens (primary N) is 1. The normalized spacial score (nSPS) is 15.2. The van der Waals surface area contributed by atoms with Gasteiger partial charge in [0.05, 0.1) is 103 Å². The number of carbonyl (C=O) groups is 14. The molecule has 4 aliphatic heterocycles. The molecule has 38 heteroatoms. The molecule has 36 nitrogen and oxygen atoms in total.